The number of nitrogens with zero attached hydrogens (tertiary/aromatic N) is 3. The van der Waals surface area contributed by atoms with Gasteiger partial charge in [-0.2, -0.15) is 0 Å². The largest absolute Gasteiger partial charge is 0.355 e. The summed E-state index contributed by atoms with van der Waals surface area (Å²) >= 11 is 0. The third kappa shape index (κ3) is 5.19. The first-order valence-corrected chi connectivity index (χ1v) is 9.98. The molecule has 3 rings (SSSR count). The van der Waals surface area contributed by atoms with Crippen LogP contribution in [0.3, 0.4) is 0 Å². The van der Waals surface area contributed by atoms with E-state index in [0.717, 1.165) is 23.1 Å². The number of rotatable bonds is 7. The van der Waals surface area contributed by atoms with Gasteiger partial charge in [-0.3, -0.25) is 4.79 Å². The molecule has 1 unspecified atom stereocenters. The van der Waals surface area contributed by atoms with Crippen LogP contribution in [0.5, 0.6) is 0 Å². The average Bonchev–Trinajstić information content (AvgIpc) is 2.73. The third-order valence-electron chi connectivity index (χ3n) is 4.90. The number of anilines is 1. The van der Waals surface area contributed by atoms with E-state index in [2.05, 4.69) is 28.5 Å². The number of hydrogen-bond donors (Lipinski definition) is 1. The highest BCUT2D eigenvalue weighted by molar-refractivity contribution is 5.99. The molecule has 29 heavy (non-hydrogen) atoms. The molecule has 150 valence electrons. The lowest BCUT2D eigenvalue weighted by atomic mass is 10.1. The highest BCUT2D eigenvalue weighted by Crippen LogP contribution is 2.24. The Kier molecular flexibility index (Phi) is 6.60. The molecule has 0 aliphatic carbocycles. The number of hydrogen-bond acceptors (Lipinski definition) is 4. The molecule has 2 aromatic carbocycles. The summed E-state index contributed by atoms with van der Waals surface area (Å²) in [5.74, 6) is 1.09. The van der Waals surface area contributed by atoms with Gasteiger partial charge in [-0.05, 0) is 31.9 Å². The second-order valence-electron chi connectivity index (χ2n) is 7.42. The molecule has 1 amide bonds. The first-order chi connectivity index (χ1) is 14.0. The number of carbonyl (C=O) groups is 1. The van der Waals surface area contributed by atoms with Crippen LogP contribution in [0.15, 0.2) is 60.8 Å². The normalized spacial score (nSPS) is 11.7. The van der Waals surface area contributed by atoms with Crippen LogP contribution in [0, 0.1) is 6.92 Å². The molecule has 1 heterocycles. The minimum absolute atomic E-state index is 0.0891. The lowest BCUT2D eigenvalue weighted by Crippen LogP contribution is -2.34. The molecular weight excluding hydrogens is 360 g/mol. The summed E-state index contributed by atoms with van der Waals surface area (Å²) in [5, 5.41) is 3.03. The molecule has 0 fully saturated rings. The van der Waals surface area contributed by atoms with Gasteiger partial charge in [0.05, 0.1) is 0 Å². The van der Waals surface area contributed by atoms with Crippen molar-refractivity contribution < 1.29 is 4.79 Å². The molecule has 0 aliphatic heterocycles. The second-order valence-corrected chi connectivity index (χ2v) is 7.42. The molecule has 3 aromatic rings. The molecule has 0 spiro atoms. The van der Waals surface area contributed by atoms with Crippen LogP contribution >= 0.6 is 0 Å². The maximum Gasteiger partial charge on any atom is 0.256 e. The van der Waals surface area contributed by atoms with E-state index < -0.39 is 0 Å². The van der Waals surface area contributed by atoms with Crippen LogP contribution in [0.4, 0.5) is 5.82 Å². The third-order valence-corrected chi connectivity index (χ3v) is 4.90. The Morgan fingerprint density at radius 2 is 1.90 bits per heavy atom. The Bertz CT molecular complexity index is 972. The van der Waals surface area contributed by atoms with Crippen molar-refractivity contribution in [3.8, 4) is 11.4 Å². The van der Waals surface area contributed by atoms with Crippen LogP contribution in [-0.4, -0.2) is 29.0 Å². The van der Waals surface area contributed by atoms with Gasteiger partial charge in [-0.15, -0.1) is 0 Å². The summed E-state index contributed by atoms with van der Waals surface area (Å²) in [6.07, 6.45) is 2.50. The highest BCUT2D eigenvalue weighted by atomic mass is 16.1. The molecule has 1 aromatic heterocycles. The SMILES string of the molecule is CCC(C)NC(=O)c1cnc(-c2cccc(C)c2)nc1N(C)Cc1ccccc1. The molecule has 5 nitrogen and oxygen atoms in total. The summed E-state index contributed by atoms with van der Waals surface area (Å²) in [5.41, 5.74) is 3.72. The average molecular weight is 389 g/mol. The zero-order valence-electron chi connectivity index (χ0n) is 17.5. The molecular formula is C24H28N4O. The van der Waals surface area contributed by atoms with Gasteiger partial charge in [0.15, 0.2) is 5.82 Å². The van der Waals surface area contributed by atoms with Crippen molar-refractivity contribution in [2.45, 2.75) is 39.8 Å². The number of aryl methyl sites for hydroxylation is 1. The number of benzene rings is 2. The zero-order chi connectivity index (χ0) is 20.8. The minimum Gasteiger partial charge on any atom is -0.355 e. The van der Waals surface area contributed by atoms with Gasteiger partial charge >= 0.3 is 0 Å². The van der Waals surface area contributed by atoms with Gasteiger partial charge in [-0.25, -0.2) is 9.97 Å². The topological polar surface area (TPSA) is 58.1 Å². The predicted octanol–water partition coefficient (Wildman–Crippen LogP) is 4.62. The van der Waals surface area contributed by atoms with Gasteiger partial charge < -0.3 is 10.2 Å². The molecule has 0 radical (unpaired) electrons. The Balaban J connectivity index is 2.00. The lowest BCUT2D eigenvalue weighted by Gasteiger charge is -2.22. The maximum absolute atomic E-state index is 12.9. The van der Waals surface area contributed by atoms with Gasteiger partial charge in [0.1, 0.15) is 11.4 Å². The van der Waals surface area contributed by atoms with E-state index in [1.165, 1.54) is 0 Å². The van der Waals surface area contributed by atoms with Crippen LogP contribution in [0.2, 0.25) is 0 Å². The second kappa shape index (κ2) is 9.32. The Labute approximate surface area is 172 Å². The fourth-order valence-corrected chi connectivity index (χ4v) is 3.08. The van der Waals surface area contributed by atoms with Crippen LogP contribution in [0.25, 0.3) is 11.4 Å². The summed E-state index contributed by atoms with van der Waals surface area (Å²) < 4.78 is 0. The van der Waals surface area contributed by atoms with Gasteiger partial charge in [0.2, 0.25) is 0 Å². The summed E-state index contributed by atoms with van der Waals surface area (Å²) in [7, 11) is 1.95. The predicted molar refractivity (Wildman–Crippen MR) is 118 cm³/mol. The van der Waals surface area contributed by atoms with Crippen LogP contribution < -0.4 is 10.2 Å². The van der Waals surface area contributed by atoms with E-state index in [9.17, 15) is 4.79 Å². The summed E-state index contributed by atoms with van der Waals surface area (Å²) in [6, 6.07) is 18.3. The van der Waals surface area contributed by atoms with E-state index in [0.29, 0.717) is 23.8 Å². The molecule has 0 saturated heterocycles. The smallest absolute Gasteiger partial charge is 0.256 e. The van der Waals surface area contributed by atoms with Crippen molar-refractivity contribution in [3.63, 3.8) is 0 Å². The van der Waals surface area contributed by atoms with E-state index in [1.54, 1.807) is 6.20 Å². The monoisotopic (exact) mass is 388 g/mol. The first kappa shape index (κ1) is 20.5. The summed E-state index contributed by atoms with van der Waals surface area (Å²) in [6.45, 7) is 6.73. The summed E-state index contributed by atoms with van der Waals surface area (Å²) in [4.78, 5) is 24.2. The van der Waals surface area contributed by atoms with Crippen LogP contribution in [0.1, 0.15) is 41.8 Å². The molecule has 1 N–H and O–H groups in total. The van der Waals surface area contributed by atoms with Gasteiger partial charge in [0.25, 0.3) is 5.91 Å². The van der Waals surface area contributed by atoms with Crippen molar-refractivity contribution in [2.75, 3.05) is 11.9 Å². The zero-order valence-corrected chi connectivity index (χ0v) is 17.5. The number of carbonyl (C=O) groups excluding carboxylic acids is 1. The first-order valence-electron chi connectivity index (χ1n) is 9.98. The van der Waals surface area contributed by atoms with E-state index in [1.807, 2.05) is 69.1 Å². The van der Waals surface area contributed by atoms with Gasteiger partial charge in [-0.1, -0.05) is 61.0 Å². The van der Waals surface area contributed by atoms with Crippen molar-refractivity contribution >= 4 is 11.7 Å². The van der Waals surface area contributed by atoms with E-state index in [-0.39, 0.29) is 11.9 Å². The minimum atomic E-state index is -0.148. The molecule has 0 aliphatic rings. The standard InChI is InChI=1S/C24H28N4O/c1-5-18(3)26-24(29)21-15-25-22(20-13-9-10-17(2)14-20)27-23(21)28(4)16-19-11-7-6-8-12-19/h6-15,18H,5,16H2,1-4H3,(H,26,29). The Morgan fingerprint density at radius 1 is 1.14 bits per heavy atom. The number of aromatic nitrogens is 2. The molecule has 1 atom stereocenters. The van der Waals surface area contributed by atoms with Crippen molar-refractivity contribution in [3.05, 3.63) is 77.5 Å². The molecule has 0 bridgehead atoms. The van der Waals surface area contributed by atoms with Crippen molar-refractivity contribution in [1.82, 2.24) is 15.3 Å². The fraction of sp³-hybridized carbons (Fsp3) is 0.292. The van der Waals surface area contributed by atoms with E-state index in [4.69, 9.17) is 4.98 Å². The number of nitrogens with one attached hydrogen (secondary N) is 1. The Morgan fingerprint density at radius 3 is 2.59 bits per heavy atom. The van der Waals surface area contributed by atoms with Gasteiger partial charge in [0, 0.05) is 31.4 Å². The van der Waals surface area contributed by atoms with Crippen molar-refractivity contribution in [1.29, 1.82) is 0 Å². The van der Waals surface area contributed by atoms with Crippen LogP contribution in [-0.2, 0) is 6.54 Å². The molecule has 5 heteroatoms. The van der Waals surface area contributed by atoms with Crippen molar-refractivity contribution in [2.24, 2.45) is 0 Å². The quantitative estimate of drug-likeness (QED) is 0.642. The fourth-order valence-electron chi connectivity index (χ4n) is 3.08. The van der Waals surface area contributed by atoms with E-state index >= 15 is 0 Å². The number of amides is 1. The highest BCUT2D eigenvalue weighted by Gasteiger charge is 2.20. The molecule has 0 saturated carbocycles. The lowest BCUT2D eigenvalue weighted by molar-refractivity contribution is 0.0939. The maximum atomic E-state index is 12.9. The Hall–Kier alpha value is -3.21.